The molecule has 100 valence electrons. The second kappa shape index (κ2) is 6.23. The number of carboxylic acids is 1. The molecule has 1 aromatic carbocycles. The Morgan fingerprint density at radius 2 is 1.89 bits per heavy atom. The monoisotopic (exact) mass is 254 g/mol. The number of methoxy groups -OCH3 is 2. The van der Waals surface area contributed by atoms with E-state index in [0.717, 1.165) is 5.56 Å². The first kappa shape index (κ1) is 14.3. The number of hydrogen-bond acceptors (Lipinski definition) is 5. The standard InChI is InChI=1S/C12H18N2O4/c1-17-10-4-3-7(5-11(10)18-2)8(13)6-9(14)12(15)16/h3-5,8-9H,6,13-14H2,1-2H3,(H,15,16)/t8-,9+/m0/s1. The highest BCUT2D eigenvalue weighted by molar-refractivity contribution is 5.73. The Morgan fingerprint density at radius 3 is 2.39 bits per heavy atom. The van der Waals surface area contributed by atoms with Gasteiger partial charge in [-0.05, 0) is 24.1 Å². The van der Waals surface area contributed by atoms with E-state index in [1.807, 2.05) is 0 Å². The van der Waals surface area contributed by atoms with E-state index in [4.69, 9.17) is 26.0 Å². The normalized spacial score (nSPS) is 13.8. The number of hydrogen-bond donors (Lipinski definition) is 3. The zero-order valence-corrected chi connectivity index (χ0v) is 10.4. The lowest BCUT2D eigenvalue weighted by Gasteiger charge is -2.16. The van der Waals surface area contributed by atoms with Crippen LogP contribution in [0.5, 0.6) is 11.5 Å². The van der Waals surface area contributed by atoms with E-state index < -0.39 is 18.1 Å². The average molecular weight is 254 g/mol. The van der Waals surface area contributed by atoms with Crippen LogP contribution in [-0.4, -0.2) is 31.3 Å². The lowest BCUT2D eigenvalue weighted by molar-refractivity contribution is -0.138. The van der Waals surface area contributed by atoms with Gasteiger partial charge in [-0.3, -0.25) is 4.79 Å². The van der Waals surface area contributed by atoms with Gasteiger partial charge < -0.3 is 26.0 Å². The Labute approximate surface area is 105 Å². The maximum absolute atomic E-state index is 10.7. The summed E-state index contributed by atoms with van der Waals surface area (Å²) in [4.78, 5) is 10.7. The second-order valence-corrected chi connectivity index (χ2v) is 3.90. The quantitative estimate of drug-likeness (QED) is 0.682. The molecule has 2 atom stereocenters. The van der Waals surface area contributed by atoms with Gasteiger partial charge in [-0.15, -0.1) is 0 Å². The first-order valence-electron chi connectivity index (χ1n) is 5.45. The zero-order valence-electron chi connectivity index (χ0n) is 10.4. The van der Waals surface area contributed by atoms with Gasteiger partial charge in [0.05, 0.1) is 14.2 Å². The molecule has 0 aliphatic carbocycles. The Bertz CT molecular complexity index is 423. The summed E-state index contributed by atoms with van der Waals surface area (Å²) in [5, 5.41) is 8.74. The number of ether oxygens (including phenoxy) is 2. The van der Waals surface area contributed by atoms with Gasteiger partial charge in [0, 0.05) is 6.04 Å². The SMILES string of the molecule is COc1ccc([C@@H](N)C[C@@H](N)C(=O)O)cc1OC. The van der Waals surface area contributed by atoms with Crippen molar-refractivity contribution in [2.24, 2.45) is 11.5 Å². The molecular formula is C12H18N2O4. The van der Waals surface area contributed by atoms with Gasteiger partial charge in [0.25, 0.3) is 0 Å². The van der Waals surface area contributed by atoms with Crippen molar-refractivity contribution in [3.8, 4) is 11.5 Å². The summed E-state index contributed by atoms with van der Waals surface area (Å²) in [6.07, 6.45) is 0.158. The molecule has 0 heterocycles. The molecule has 0 aliphatic heterocycles. The topological polar surface area (TPSA) is 108 Å². The van der Waals surface area contributed by atoms with Gasteiger partial charge in [-0.1, -0.05) is 6.07 Å². The summed E-state index contributed by atoms with van der Waals surface area (Å²) < 4.78 is 10.3. The van der Waals surface area contributed by atoms with Crippen LogP contribution in [0.4, 0.5) is 0 Å². The van der Waals surface area contributed by atoms with Gasteiger partial charge in [0.15, 0.2) is 11.5 Å². The molecule has 0 saturated carbocycles. The Kier molecular flexibility index (Phi) is 4.94. The fraction of sp³-hybridized carbons (Fsp3) is 0.417. The van der Waals surface area contributed by atoms with Gasteiger partial charge in [-0.25, -0.2) is 0 Å². The van der Waals surface area contributed by atoms with Crippen molar-refractivity contribution in [1.82, 2.24) is 0 Å². The van der Waals surface area contributed by atoms with Crippen LogP contribution in [-0.2, 0) is 4.79 Å². The Morgan fingerprint density at radius 1 is 1.28 bits per heavy atom. The first-order chi connectivity index (χ1) is 8.49. The van der Waals surface area contributed by atoms with E-state index in [-0.39, 0.29) is 6.42 Å². The fourth-order valence-corrected chi connectivity index (χ4v) is 1.59. The van der Waals surface area contributed by atoms with E-state index in [9.17, 15) is 4.79 Å². The van der Waals surface area contributed by atoms with Crippen LogP contribution < -0.4 is 20.9 Å². The minimum absolute atomic E-state index is 0.158. The van der Waals surface area contributed by atoms with Crippen molar-refractivity contribution in [2.75, 3.05) is 14.2 Å². The Hall–Kier alpha value is -1.79. The molecule has 5 N–H and O–H groups in total. The molecule has 0 spiro atoms. The summed E-state index contributed by atoms with van der Waals surface area (Å²) in [7, 11) is 3.06. The van der Waals surface area contributed by atoms with E-state index in [1.54, 1.807) is 18.2 Å². The number of carboxylic acid groups (broad SMARTS) is 1. The van der Waals surface area contributed by atoms with Crippen molar-refractivity contribution in [2.45, 2.75) is 18.5 Å². The van der Waals surface area contributed by atoms with Crippen LogP contribution in [0.3, 0.4) is 0 Å². The van der Waals surface area contributed by atoms with Crippen LogP contribution in [0.25, 0.3) is 0 Å². The third-order valence-corrected chi connectivity index (χ3v) is 2.66. The number of nitrogens with two attached hydrogens (primary N) is 2. The van der Waals surface area contributed by atoms with Crippen LogP contribution in [0.2, 0.25) is 0 Å². The third kappa shape index (κ3) is 3.35. The van der Waals surface area contributed by atoms with Crippen molar-refractivity contribution in [3.63, 3.8) is 0 Å². The molecule has 6 nitrogen and oxygen atoms in total. The maximum atomic E-state index is 10.7. The largest absolute Gasteiger partial charge is 0.493 e. The molecular weight excluding hydrogens is 236 g/mol. The van der Waals surface area contributed by atoms with Gasteiger partial charge in [0.1, 0.15) is 6.04 Å². The van der Waals surface area contributed by atoms with Gasteiger partial charge >= 0.3 is 5.97 Å². The predicted octanol–water partition coefficient (Wildman–Crippen LogP) is 0.506. The van der Waals surface area contributed by atoms with Gasteiger partial charge in [-0.2, -0.15) is 0 Å². The number of rotatable bonds is 6. The van der Waals surface area contributed by atoms with Crippen molar-refractivity contribution in [1.29, 1.82) is 0 Å². The van der Waals surface area contributed by atoms with Crippen LogP contribution in [0, 0.1) is 0 Å². The number of carbonyl (C=O) groups is 1. The number of aliphatic carboxylic acids is 1. The Balaban J connectivity index is 2.86. The summed E-state index contributed by atoms with van der Waals surface area (Å²) >= 11 is 0. The molecule has 0 aromatic heterocycles. The molecule has 18 heavy (non-hydrogen) atoms. The molecule has 0 amide bonds. The molecule has 0 bridgehead atoms. The van der Waals surface area contributed by atoms with Crippen molar-refractivity contribution >= 4 is 5.97 Å². The molecule has 0 fully saturated rings. The van der Waals surface area contributed by atoms with Crippen LogP contribution >= 0.6 is 0 Å². The van der Waals surface area contributed by atoms with Crippen molar-refractivity contribution < 1.29 is 19.4 Å². The molecule has 0 unspecified atom stereocenters. The highest BCUT2D eigenvalue weighted by Gasteiger charge is 2.18. The third-order valence-electron chi connectivity index (χ3n) is 2.66. The van der Waals surface area contributed by atoms with E-state index in [2.05, 4.69) is 0 Å². The highest BCUT2D eigenvalue weighted by Crippen LogP contribution is 2.30. The number of benzene rings is 1. The van der Waals surface area contributed by atoms with Crippen LogP contribution in [0.1, 0.15) is 18.0 Å². The average Bonchev–Trinajstić information content (AvgIpc) is 2.37. The minimum Gasteiger partial charge on any atom is -0.493 e. The van der Waals surface area contributed by atoms with Crippen molar-refractivity contribution in [3.05, 3.63) is 23.8 Å². The molecule has 0 aliphatic rings. The predicted molar refractivity (Wildman–Crippen MR) is 66.7 cm³/mol. The molecule has 0 radical (unpaired) electrons. The van der Waals surface area contributed by atoms with Gasteiger partial charge in [0.2, 0.25) is 0 Å². The minimum atomic E-state index is -1.06. The van der Waals surface area contributed by atoms with Crippen LogP contribution in [0.15, 0.2) is 18.2 Å². The molecule has 1 rings (SSSR count). The van der Waals surface area contributed by atoms with E-state index >= 15 is 0 Å². The summed E-state index contributed by atoms with van der Waals surface area (Å²) in [6, 6.07) is 3.77. The zero-order chi connectivity index (χ0) is 13.7. The molecule has 6 heteroatoms. The molecule has 1 aromatic rings. The lowest BCUT2D eigenvalue weighted by Crippen LogP contribution is -2.33. The smallest absolute Gasteiger partial charge is 0.320 e. The highest BCUT2D eigenvalue weighted by atomic mass is 16.5. The summed E-state index contributed by atoms with van der Waals surface area (Å²) in [5.41, 5.74) is 12.1. The fourth-order valence-electron chi connectivity index (χ4n) is 1.59. The maximum Gasteiger partial charge on any atom is 0.320 e. The lowest BCUT2D eigenvalue weighted by atomic mass is 10.00. The van der Waals surface area contributed by atoms with E-state index in [0.29, 0.717) is 11.5 Å². The van der Waals surface area contributed by atoms with E-state index in [1.165, 1.54) is 14.2 Å². The molecule has 0 saturated heterocycles. The first-order valence-corrected chi connectivity index (χ1v) is 5.45. The summed E-state index contributed by atoms with van der Waals surface area (Å²) in [6.45, 7) is 0. The second-order valence-electron chi connectivity index (χ2n) is 3.90. The summed E-state index contributed by atoms with van der Waals surface area (Å²) in [5.74, 6) is 0.0799.